The average molecular weight is 303 g/mol. The Labute approximate surface area is 132 Å². The lowest BCUT2D eigenvalue weighted by atomic mass is 10.1. The molecule has 2 N–H and O–H groups in total. The molecule has 1 saturated carbocycles. The van der Waals surface area contributed by atoms with Crippen molar-refractivity contribution >= 4 is 23.2 Å². The van der Waals surface area contributed by atoms with Crippen LogP contribution in [0.4, 0.5) is 11.4 Å². The van der Waals surface area contributed by atoms with E-state index >= 15 is 0 Å². The van der Waals surface area contributed by atoms with Gasteiger partial charge in [0.05, 0.1) is 11.8 Å². The molecule has 1 aromatic carbocycles. The first kappa shape index (κ1) is 16.3. The Balaban J connectivity index is 1.88. The molecule has 2 amide bonds. The number of anilines is 2. The minimum Gasteiger partial charge on any atom is -0.378 e. The van der Waals surface area contributed by atoms with Gasteiger partial charge in [-0.3, -0.25) is 9.59 Å². The molecule has 5 nitrogen and oxygen atoms in total. The zero-order chi connectivity index (χ0) is 16.5. The molecule has 1 fully saturated rings. The van der Waals surface area contributed by atoms with Crippen LogP contribution in [0.3, 0.4) is 0 Å². The molecule has 0 aliphatic heterocycles. The van der Waals surface area contributed by atoms with Crippen LogP contribution >= 0.6 is 0 Å². The molecule has 1 aromatic rings. The first-order chi connectivity index (χ1) is 10.2. The monoisotopic (exact) mass is 303 g/mol. The lowest BCUT2D eigenvalue weighted by Crippen LogP contribution is -2.42. The van der Waals surface area contributed by atoms with E-state index in [1.165, 1.54) is 0 Å². The summed E-state index contributed by atoms with van der Waals surface area (Å²) in [6.45, 7) is 5.82. The third-order valence-electron chi connectivity index (χ3n) is 3.61. The number of carbonyl (C=O) groups excluding carboxylic acids is 2. The van der Waals surface area contributed by atoms with Crippen molar-refractivity contribution in [2.24, 2.45) is 11.8 Å². The lowest BCUT2D eigenvalue weighted by Gasteiger charge is -2.20. The second-order valence-electron chi connectivity index (χ2n) is 7.12. The summed E-state index contributed by atoms with van der Waals surface area (Å²) in [6, 6.07) is 7.65. The van der Waals surface area contributed by atoms with Gasteiger partial charge in [0.1, 0.15) is 0 Å². The minimum absolute atomic E-state index is 0.0318. The maximum absolute atomic E-state index is 12.2. The first-order valence-electron chi connectivity index (χ1n) is 7.57. The van der Waals surface area contributed by atoms with Crippen LogP contribution in [-0.2, 0) is 9.59 Å². The number of amides is 2. The van der Waals surface area contributed by atoms with E-state index in [1.807, 2.05) is 64.0 Å². The Morgan fingerprint density at radius 1 is 1.05 bits per heavy atom. The molecule has 2 atom stereocenters. The molecule has 0 spiro atoms. The van der Waals surface area contributed by atoms with Gasteiger partial charge in [0.15, 0.2) is 0 Å². The van der Waals surface area contributed by atoms with Gasteiger partial charge in [0.2, 0.25) is 11.8 Å². The summed E-state index contributed by atoms with van der Waals surface area (Å²) in [5.41, 5.74) is 1.58. The minimum atomic E-state index is -0.261. The molecule has 0 aromatic heterocycles. The van der Waals surface area contributed by atoms with E-state index in [0.717, 1.165) is 11.4 Å². The van der Waals surface area contributed by atoms with Crippen molar-refractivity contribution in [3.8, 4) is 0 Å². The van der Waals surface area contributed by atoms with E-state index in [0.29, 0.717) is 6.42 Å². The standard InChI is InChI=1S/C17H25N3O2/c1-17(2,3)19-16(22)14-10-13(14)15(21)18-11-6-8-12(9-7-11)20(4)5/h6-9,13-14H,10H2,1-5H3,(H,18,21)(H,19,22). The van der Waals surface area contributed by atoms with E-state index in [1.54, 1.807) is 0 Å². The molecule has 0 heterocycles. The van der Waals surface area contributed by atoms with E-state index in [-0.39, 0.29) is 29.2 Å². The van der Waals surface area contributed by atoms with Crippen molar-refractivity contribution in [3.63, 3.8) is 0 Å². The van der Waals surface area contributed by atoms with Crippen LogP contribution in [0.5, 0.6) is 0 Å². The molecule has 22 heavy (non-hydrogen) atoms. The number of rotatable bonds is 4. The van der Waals surface area contributed by atoms with Gasteiger partial charge in [-0.25, -0.2) is 0 Å². The van der Waals surface area contributed by atoms with E-state index in [2.05, 4.69) is 10.6 Å². The molecule has 0 radical (unpaired) electrons. The SMILES string of the molecule is CN(C)c1ccc(NC(=O)C2CC2C(=O)NC(C)(C)C)cc1. The van der Waals surface area contributed by atoms with Crippen molar-refractivity contribution in [2.45, 2.75) is 32.7 Å². The Morgan fingerprint density at radius 2 is 1.59 bits per heavy atom. The fourth-order valence-electron chi connectivity index (χ4n) is 2.31. The normalized spacial score (nSPS) is 20.2. The van der Waals surface area contributed by atoms with Gasteiger partial charge in [-0.05, 0) is 51.5 Å². The Morgan fingerprint density at radius 3 is 2.09 bits per heavy atom. The summed E-state index contributed by atoms with van der Waals surface area (Å²) in [6.07, 6.45) is 0.629. The van der Waals surface area contributed by atoms with E-state index in [4.69, 9.17) is 0 Å². The second-order valence-corrected chi connectivity index (χ2v) is 7.12. The number of nitrogens with one attached hydrogen (secondary N) is 2. The highest BCUT2D eigenvalue weighted by molar-refractivity contribution is 5.99. The third-order valence-corrected chi connectivity index (χ3v) is 3.61. The van der Waals surface area contributed by atoms with Crippen LogP contribution in [0, 0.1) is 11.8 Å². The fourth-order valence-corrected chi connectivity index (χ4v) is 2.31. The number of hydrogen-bond donors (Lipinski definition) is 2. The molecule has 2 rings (SSSR count). The molecule has 0 bridgehead atoms. The van der Waals surface area contributed by atoms with Crippen LogP contribution in [0.1, 0.15) is 27.2 Å². The predicted octanol–water partition coefficient (Wildman–Crippen LogP) is 2.24. The highest BCUT2D eigenvalue weighted by atomic mass is 16.2. The Hall–Kier alpha value is -2.04. The topological polar surface area (TPSA) is 61.4 Å². The van der Waals surface area contributed by atoms with Gasteiger partial charge in [0.25, 0.3) is 0 Å². The Bertz CT molecular complexity index is 558. The van der Waals surface area contributed by atoms with Crippen LogP contribution in [-0.4, -0.2) is 31.4 Å². The van der Waals surface area contributed by atoms with E-state index in [9.17, 15) is 9.59 Å². The largest absolute Gasteiger partial charge is 0.378 e. The summed E-state index contributed by atoms with van der Waals surface area (Å²) in [7, 11) is 3.94. The maximum atomic E-state index is 12.2. The van der Waals surface area contributed by atoms with Crippen molar-refractivity contribution in [1.29, 1.82) is 0 Å². The highest BCUT2D eigenvalue weighted by Crippen LogP contribution is 2.39. The lowest BCUT2D eigenvalue weighted by molar-refractivity contribution is -0.126. The molecule has 2 unspecified atom stereocenters. The number of benzene rings is 1. The van der Waals surface area contributed by atoms with Crippen molar-refractivity contribution in [1.82, 2.24) is 5.32 Å². The first-order valence-corrected chi connectivity index (χ1v) is 7.57. The average Bonchev–Trinajstić information content (AvgIpc) is 3.17. The smallest absolute Gasteiger partial charge is 0.228 e. The zero-order valence-electron chi connectivity index (χ0n) is 13.9. The van der Waals surface area contributed by atoms with Crippen LogP contribution in [0.25, 0.3) is 0 Å². The van der Waals surface area contributed by atoms with E-state index < -0.39 is 0 Å². The molecule has 0 saturated heterocycles. The summed E-state index contributed by atoms with van der Waals surface area (Å²) < 4.78 is 0. The van der Waals surface area contributed by atoms with Gasteiger partial charge < -0.3 is 15.5 Å². The van der Waals surface area contributed by atoms with Crippen LogP contribution in [0.2, 0.25) is 0 Å². The third kappa shape index (κ3) is 4.23. The molecule has 120 valence electrons. The van der Waals surface area contributed by atoms with Gasteiger partial charge in [-0.15, -0.1) is 0 Å². The second kappa shape index (κ2) is 5.99. The molecular weight excluding hydrogens is 278 g/mol. The van der Waals surface area contributed by atoms with Gasteiger partial charge in [0, 0.05) is 31.0 Å². The Kier molecular flexibility index (Phi) is 4.44. The summed E-state index contributed by atoms with van der Waals surface area (Å²) >= 11 is 0. The molecular formula is C17H25N3O2. The van der Waals surface area contributed by atoms with Gasteiger partial charge in [-0.1, -0.05) is 0 Å². The number of hydrogen-bond acceptors (Lipinski definition) is 3. The van der Waals surface area contributed by atoms with Crippen molar-refractivity contribution in [2.75, 3.05) is 24.3 Å². The molecule has 1 aliphatic carbocycles. The van der Waals surface area contributed by atoms with Gasteiger partial charge >= 0.3 is 0 Å². The van der Waals surface area contributed by atoms with Crippen LogP contribution in [0.15, 0.2) is 24.3 Å². The summed E-state index contributed by atoms with van der Waals surface area (Å²) in [5.74, 6) is -0.515. The fraction of sp³-hybridized carbons (Fsp3) is 0.529. The number of nitrogens with zero attached hydrogens (tertiary/aromatic N) is 1. The quantitative estimate of drug-likeness (QED) is 0.897. The summed E-state index contributed by atoms with van der Waals surface area (Å²) in [5, 5.41) is 5.81. The van der Waals surface area contributed by atoms with Crippen LogP contribution < -0.4 is 15.5 Å². The molecule has 1 aliphatic rings. The predicted molar refractivity (Wildman–Crippen MR) is 88.9 cm³/mol. The maximum Gasteiger partial charge on any atom is 0.228 e. The molecule has 5 heteroatoms. The van der Waals surface area contributed by atoms with Gasteiger partial charge in [-0.2, -0.15) is 0 Å². The van der Waals surface area contributed by atoms with Crippen molar-refractivity contribution < 1.29 is 9.59 Å². The zero-order valence-corrected chi connectivity index (χ0v) is 13.9. The number of carbonyl (C=O) groups is 2. The van der Waals surface area contributed by atoms with Crippen molar-refractivity contribution in [3.05, 3.63) is 24.3 Å². The summed E-state index contributed by atoms with van der Waals surface area (Å²) in [4.78, 5) is 26.2. The highest BCUT2D eigenvalue weighted by Gasteiger charge is 2.48.